The summed E-state index contributed by atoms with van der Waals surface area (Å²) in [5.74, 6) is 0.249. The van der Waals surface area contributed by atoms with Crippen molar-refractivity contribution in [1.29, 1.82) is 0 Å². The summed E-state index contributed by atoms with van der Waals surface area (Å²) in [4.78, 5) is 0. The maximum Gasteiger partial charge on any atom is 0.415 e. The van der Waals surface area contributed by atoms with Gasteiger partial charge in [0.15, 0.2) is 5.75 Å². The lowest BCUT2D eigenvalue weighted by Crippen LogP contribution is -2.37. The molecule has 0 aromatic heterocycles. The van der Waals surface area contributed by atoms with Crippen LogP contribution >= 0.6 is 0 Å². The van der Waals surface area contributed by atoms with E-state index in [-0.39, 0.29) is 5.75 Å². The molecule has 1 aromatic rings. The molecule has 0 unspecified atom stereocenters. The van der Waals surface area contributed by atoms with Gasteiger partial charge in [0.2, 0.25) is 0 Å². The lowest BCUT2D eigenvalue weighted by molar-refractivity contribution is -0.167. The van der Waals surface area contributed by atoms with Crippen molar-refractivity contribution in [2.24, 2.45) is 0 Å². The van der Waals surface area contributed by atoms with E-state index in [1.807, 2.05) is 0 Å². The molecule has 13 heavy (non-hydrogen) atoms. The van der Waals surface area contributed by atoms with Crippen LogP contribution in [-0.2, 0) is 0 Å². The lowest BCUT2D eigenvalue weighted by atomic mass is 10.2. The molecule has 0 saturated heterocycles. The number of para-hydroxylation sites is 1. The molecule has 0 aliphatic carbocycles. The first kappa shape index (κ1) is 8.29. The van der Waals surface area contributed by atoms with Crippen molar-refractivity contribution in [3.05, 3.63) is 23.8 Å². The zero-order valence-electron chi connectivity index (χ0n) is 7.10. The normalized spacial score (nSPS) is 18.4. The van der Waals surface area contributed by atoms with Gasteiger partial charge in [-0.25, -0.2) is 0 Å². The molecule has 1 aliphatic heterocycles. The van der Waals surface area contributed by atoms with Gasteiger partial charge in [0, 0.05) is 0 Å². The highest BCUT2D eigenvalue weighted by atomic mass is 19.3. The summed E-state index contributed by atoms with van der Waals surface area (Å²) < 4.78 is 30.1. The van der Waals surface area contributed by atoms with Crippen LogP contribution in [0.1, 0.15) is 5.56 Å². The highest BCUT2D eigenvalue weighted by Crippen LogP contribution is 2.36. The van der Waals surface area contributed by atoms with Gasteiger partial charge in [0.25, 0.3) is 0 Å². The van der Waals surface area contributed by atoms with E-state index < -0.39 is 12.7 Å². The fraction of sp³-hybridized carbons (Fsp3) is 0.333. The van der Waals surface area contributed by atoms with Crippen molar-refractivity contribution in [2.75, 3.05) is 11.9 Å². The monoisotopic (exact) mass is 185 g/mol. The quantitative estimate of drug-likeness (QED) is 0.670. The average Bonchev–Trinajstić information content (AvgIpc) is 2.06. The van der Waals surface area contributed by atoms with E-state index >= 15 is 0 Å². The number of nitrogens with one attached hydrogen (secondary N) is 1. The Balaban J connectivity index is 2.44. The van der Waals surface area contributed by atoms with Crippen molar-refractivity contribution in [3.63, 3.8) is 0 Å². The van der Waals surface area contributed by atoms with E-state index in [0.717, 1.165) is 0 Å². The van der Waals surface area contributed by atoms with Crippen molar-refractivity contribution in [3.8, 4) is 5.75 Å². The van der Waals surface area contributed by atoms with Crippen LogP contribution in [0.4, 0.5) is 14.5 Å². The molecule has 0 fully saturated rings. The second kappa shape index (κ2) is 2.58. The molecule has 70 valence electrons. The van der Waals surface area contributed by atoms with Crippen LogP contribution in [0.2, 0.25) is 0 Å². The number of ether oxygens (including phenoxy) is 1. The Morgan fingerprint density at radius 2 is 2.23 bits per heavy atom. The first-order valence-corrected chi connectivity index (χ1v) is 3.99. The summed E-state index contributed by atoms with van der Waals surface area (Å²) in [7, 11) is 0. The van der Waals surface area contributed by atoms with Crippen molar-refractivity contribution >= 4 is 5.69 Å². The van der Waals surface area contributed by atoms with Gasteiger partial charge < -0.3 is 10.1 Å². The highest BCUT2D eigenvalue weighted by molar-refractivity contribution is 5.61. The molecule has 0 amide bonds. The Bertz CT molecular complexity index is 338. The first-order chi connectivity index (χ1) is 6.08. The van der Waals surface area contributed by atoms with Crippen LogP contribution in [0.5, 0.6) is 5.75 Å². The second-order valence-corrected chi connectivity index (χ2v) is 3.04. The smallest absolute Gasteiger partial charge is 0.415 e. The van der Waals surface area contributed by atoms with Gasteiger partial charge in [-0.1, -0.05) is 12.1 Å². The molecule has 0 radical (unpaired) electrons. The average molecular weight is 185 g/mol. The molecule has 0 atom stereocenters. The third kappa shape index (κ3) is 1.43. The molecule has 1 aromatic carbocycles. The molecular weight excluding hydrogens is 176 g/mol. The predicted octanol–water partition coefficient (Wildman–Crippen LogP) is 2.39. The van der Waals surface area contributed by atoms with Gasteiger partial charge in [0.1, 0.15) is 6.54 Å². The fourth-order valence-corrected chi connectivity index (χ4v) is 1.31. The topological polar surface area (TPSA) is 21.3 Å². The third-order valence-electron chi connectivity index (χ3n) is 1.95. The summed E-state index contributed by atoms with van der Waals surface area (Å²) in [6.07, 6.45) is -3.10. The van der Waals surface area contributed by atoms with E-state index in [1.165, 1.54) is 0 Å². The molecular formula is C9H9F2NO. The van der Waals surface area contributed by atoms with E-state index in [4.69, 9.17) is 0 Å². The summed E-state index contributed by atoms with van der Waals surface area (Å²) in [6, 6.07) is 5.26. The van der Waals surface area contributed by atoms with Gasteiger partial charge in [-0.15, -0.1) is 0 Å². The molecule has 0 spiro atoms. The predicted molar refractivity (Wildman–Crippen MR) is 45.2 cm³/mol. The number of benzene rings is 1. The van der Waals surface area contributed by atoms with Crippen molar-refractivity contribution < 1.29 is 13.5 Å². The minimum absolute atomic E-state index is 0.249. The number of alkyl halides is 2. The van der Waals surface area contributed by atoms with Crippen molar-refractivity contribution in [2.45, 2.75) is 13.0 Å². The van der Waals surface area contributed by atoms with Crippen LogP contribution in [0, 0.1) is 6.92 Å². The van der Waals surface area contributed by atoms with Crippen molar-refractivity contribution in [1.82, 2.24) is 0 Å². The van der Waals surface area contributed by atoms with E-state index in [2.05, 4.69) is 10.1 Å². The maximum atomic E-state index is 12.8. The summed E-state index contributed by atoms with van der Waals surface area (Å²) in [6.45, 7) is 1.27. The van der Waals surface area contributed by atoms with Gasteiger partial charge in [0.05, 0.1) is 5.69 Å². The lowest BCUT2D eigenvalue weighted by Gasteiger charge is -2.27. The Morgan fingerprint density at radius 1 is 1.46 bits per heavy atom. The summed E-state index contributed by atoms with van der Waals surface area (Å²) in [5.41, 5.74) is 1.34. The Hall–Kier alpha value is -1.32. The molecule has 1 N–H and O–H groups in total. The third-order valence-corrected chi connectivity index (χ3v) is 1.95. The largest absolute Gasteiger partial charge is 0.429 e. The van der Waals surface area contributed by atoms with Crippen LogP contribution in [0.15, 0.2) is 18.2 Å². The molecule has 2 nitrogen and oxygen atoms in total. The van der Waals surface area contributed by atoms with Gasteiger partial charge in [-0.3, -0.25) is 0 Å². The Morgan fingerprint density at radius 3 is 3.00 bits per heavy atom. The van der Waals surface area contributed by atoms with E-state index in [0.29, 0.717) is 11.3 Å². The SMILES string of the molecule is Cc1cccc2c1OC(F)(F)CN2. The van der Waals surface area contributed by atoms with Crippen LogP contribution in [-0.4, -0.2) is 12.7 Å². The van der Waals surface area contributed by atoms with Crippen LogP contribution in [0.3, 0.4) is 0 Å². The second-order valence-electron chi connectivity index (χ2n) is 3.04. The standard InChI is InChI=1S/C9H9F2NO/c1-6-3-2-4-7-8(6)13-9(10,11)5-12-7/h2-4,12H,5H2,1H3. The molecule has 0 bridgehead atoms. The number of fused-ring (bicyclic) bond motifs is 1. The first-order valence-electron chi connectivity index (χ1n) is 3.99. The van der Waals surface area contributed by atoms with E-state index in [9.17, 15) is 8.78 Å². The number of aryl methyl sites for hydroxylation is 1. The van der Waals surface area contributed by atoms with Gasteiger partial charge >= 0.3 is 6.11 Å². The fourth-order valence-electron chi connectivity index (χ4n) is 1.31. The number of hydrogen-bond donors (Lipinski definition) is 1. The molecule has 2 rings (SSSR count). The molecule has 0 saturated carbocycles. The minimum atomic E-state index is -3.10. The molecule has 1 heterocycles. The maximum absolute atomic E-state index is 12.8. The van der Waals surface area contributed by atoms with Crippen LogP contribution < -0.4 is 10.1 Å². The number of anilines is 1. The number of rotatable bonds is 0. The Labute approximate surface area is 74.5 Å². The van der Waals surface area contributed by atoms with Crippen LogP contribution in [0.25, 0.3) is 0 Å². The van der Waals surface area contributed by atoms with Gasteiger partial charge in [-0.2, -0.15) is 8.78 Å². The summed E-state index contributed by atoms with van der Waals surface area (Å²) in [5, 5.41) is 2.62. The molecule has 4 heteroatoms. The zero-order valence-corrected chi connectivity index (χ0v) is 7.10. The number of halogens is 2. The highest BCUT2D eigenvalue weighted by Gasteiger charge is 2.36. The summed E-state index contributed by atoms with van der Waals surface area (Å²) >= 11 is 0. The van der Waals surface area contributed by atoms with Gasteiger partial charge in [-0.05, 0) is 18.6 Å². The minimum Gasteiger partial charge on any atom is -0.429 e. The molecule has 1 aliphatic rings. The zero-order chi connectivity index (χ0) is 9.47. The Kier molecular flexibility index (Phi) is 1.65. The van der Waals surface area contributed by atoms with E-state index in [1.54, 1.807) is 25.1 Å². The number of hydrogen-bond acceptors (Lipinski definition) is 2.